The van der Waals surface area contributed by atoms with Crippen LogP contribution in [0.2, 0.25) is 0 Å². The molecule has 18 heavy (non-hydrogen) atoms. The van der Waals surface area contributed by atoms with Crippen molar-refractivity contribution in [1.29, 1.82) is 5.26 Å². The van der Waals surface area contributed by atoms with Gasteiger partial charge in [-0.2, -0.15) is 5.26 Å². The molecule has 0 aliphatic rings. The van der Waals surface area contributed by atoms with Crippen LogP contribution in [0.1, 0.15) is 11.5 Å². The molecule has 1 heterocycles. The zero-order valence-corrected chi connectivity index (χ0v) is 11.9. The normalized spacial score (nSPS) is 10.2. The minimum atomic E-state index is 0.531. The molecule has 0 aliphatic heterocycles. The monoisotopic (exact) mass is 305 g/mol. The third-order valence-electron chi connectivity index (χ3n) is 2.84. The molecule has 2 aromatic rings. The van der Waals surface area contributed by atoms with E-state index in [1.54, 1.807) is 11.7 Å². The summed E-state index contributed by atoms with van der Waals surface area (Å²) < 4.78 is 8.02. The van der Waals surface area contributed by atoms with Gasteiger partial charge in [0.25, 0.3) is 0 Å². The van der Waals surface area contributed by atoms with Crippen molar-refractivity contribution in [3.8, 4) is 23.1 Å². The van der Waals surface area contributed by atoms with Gasteiger partial charge < -0.3 is 9.30 Å². The average molecular weight is 306 g/mol. The van der Waals surface area contributed by atoms with Crippen molar-refractivity contribution in [2.24, 2.45) is 7.05 Å². The molecule has 1 aromatic carbocycles. The molecular formula is C13H12BrN3O. The van der Waals surface area contributed by atoms with Gasteiger partial charge >= 0.3 is 0 Å². The smallest absolute Gasteiger partial charge is 0.148 e. The fourth-order valence-electron chi connectivity index (χ4n) is 1.79. The van der Waals surface area contributed by atoms with E-state index in [9.17, 15) is 5.26 Å². The Morgan fingerprint density at radius 2 is 2.17 bits per heavy atom. The van der Waals surface area contributed by atoms with Gasteiger partial charge in [-0.15, -0.1) is 0 Å². The van der Waals surface area contributed by atoms with Gasteiger partial charge in [0, 0.05) is 17.1 Å². The Morgan fingerprint density at radius 3 is 2.78 bits per heavy atom. The van der Waals surface area contributed by atoms with Gasteiger partial charge in [0.1, 0.15) is 29.0 Å². The van der Waals surface area contributed by atoms with E-state index in [1.165, 1.54) is 0 Å². The molecule has 5 heteroatoms. The van der Waals surface area contributed by atoms with Crippen LogP contribution in [0.5, 0.6) is 5.75 Å². The quantitative estimate of drug-likeness (QED) is 0.857. The maximum absolute atomic E-state index is 9.24. The summed E-state index contributed by atoms with van der Waals surface area (Å²) in [6, 6.07) is 7.83. The molecule has 0 amide bonds. The van der Waals surface area contributed by atoms with E-state index in [1.807, 2.05) is 32.2 Å². The first-order valence-corrected chi connectivity index (χ1v) is 6.15. The van der Waals surface area contributed by atoms with Gasteiger partial charge in [-0.25, -0.2) is 4.98 Å². The number of halogens is 1. The van der Waals surface area contributed by atoms with Crippen LogP contribution < -0.4 is 4.74 Å². The van der Waals surface area contributed by atoms with Gasteiger partial charge in [0.05, 0.1) is 7.11 Å². The summed E-state index contributed by atoms with van der Waals surface area (Å²) in [5.74, 6) is 1.50. The van der Waals surface area contributed by atoms with Gasteiger partial charge in [0.2, 0.25) is 0 Å². The minimum absolute atomic E-state index is 0.531. The molecule has 0 spiro atoms. The number of aryl methyl sites for hydroxylation is 1. The number of ether oxygens (including phenoxy) is 1. The van der Waals surface area contributed by atoms with Crippen LogP contribution in [-0.2, 0) is 7.05 Å². The molecule has 0 saturated heterocycles. The number of nitriles is 1. The van der Waals surface area contributed by atoms with Crippen molar-refractivity contribution >= 4 is 15.9 Å². The lowest BCUT2D eigenvalue weighted by atomic mass is 10.1. The van der Waals surface area contributed by atoms with E-state index in [0.717, 1.165) is 15.9 Å². The van der Waals surface area contributed by atoms with E-state index in [4.69, 9.17) is 4.74 Å². The van der Waals surface area contributed by atoms with Crippen molar-refractivity contribution in [3.63, 3.8) is 0 Å². The van der Waals surface area contributed by atoms with Crippen LogP contribution in [-0.4, -0.2) is 16.7 Å². The molecule has 0 unspecified atom stereocenters. The summed E-state index contributed by atoms with van der Waals surface area (Å²) in [5.41, 5.74) is 1.99. The number of methoxy groups -OCH3 is 1. The molecule has 0 saturated carbocycles. The number of imidazole rings is 1. The maximum Gasteiger partial charge on any atom is 0.148 e. The highest BCUT2D eigenvalue weighted by Crippen LogP contribution is 2.33. The van der Waals surface area contributed by atoms with Crippen LogP contribution in [0.4, 0.5) is 0 Å². The first-order valence-electron chi connectivity index (χ1n) is 5.35. The van der Waals surface area contributed by atoms with Crippen LogP contribution in [0, 0.1) is 18.3 Å². The third kappa shape index (κ3) is 2.00. The second-order valence-electron chi connectivity index (χ2n) is 3.87. The summed E-state index contributed by atoms with van der Waals surface area (Å²) in [6.45, 7) is 1.87. The molecule has 0 aliphatic carbocycles. The van der Waals surface area contributed by atoms with E-state index in [2.05, 4.69) is 27.0 Å². The Hall–Kier alpha value is -1.80. The second-order valence-corrected chi connectivity index (χ2v) is 4.79. The number of benzene rings is 1. The van der Waals surface area contributed by atoms with Crippen molar-refractivity contribution in [1.82, 2.24) is 9.55 Å². The average Bonchev–Trinajstić information content (AvgIpc) is 2.65. The molecule has 0 atom stereocenters. The lowest BCUT2D eigenvalue weighted by Crippen LogP contribution is -1.95. The van der Waals surface area contributed by atoms with E-state index >= 15 is 0 Å². The number of nitrogens with zero attached hydrogens (tertiary/aromatic N) is 3. The predicted molar refractivity (Wildman–Crippen MR) is 72.3 cm³/mol. The highest BCUT2D eigenvalue weighted by Gasteiger charge is 2.17. The molecular weight excluding hydrogens is 294 g/mol. The molecule has 2 rings (SSSR count). The van der Waals surface area contributed by atoms with E-state index in [-0.39, 0.29) is 0 Å². The van der Waals surface area contributed by atoms with Crippen LogP contribution in [0.3, 0.4) is 0 Å². The molecule has 0 fully saturated rings. The van der Waals surface area contributed by atoms with Gasteiger partial charge in [-0.3, -0.25) is 0 Å². The molecule has 0 N–H and O–H groups in total. The fourth-order valence-corrected chi connectivity index (χ4v) is 2.15. The highest BCUT2D eigenvalue weighted by molar-refractivity contribution is 9.10. The van der Waals surface area contributed by atoms with Gasteiger partial charge in [-0.05, 0) is 25.1 Å². The molecule has 1 aromatic heterocycles. The summed E-state index contributed by atoms with van der Waals surface area (Å²) in [6.07, 6.45) is 0. The highest BCUT2D eigenvalue weighted by atomic mass is 79.9. The molecule has 0 radical (unpaired) electrons. The standard InChI is InChI=1S/C13H12BrN3O/c1-8-16-13(11(7-15)17(8)2)10-6-9(14)4-5-12(10)18-3/h4-6H,1-3H3. The third-order valence-corrected chi connectivity index (χ3v) is 3.33. The Labute approximate surface area is 114 Å². The number of rotatable bonds is 2. The van der Waals surface area contributed by atoms with Crippen molar-refractivity contribution in [3.05, 3.63) is 34.2 Å². The fraction of sp³-hybridized carbons (Fsp3) is 0.231. The number of aromatic nitrogens is 2. The Bertz CT molecular complexity index is 640. The van der Waals surface area contributed by atoms with E-state index < -0.39 is 0 Å². The van der Waals surface area contributed by atoms with Gasteiger partial charge in [-0.1, -0.05) is 15.9 Å². The largest absolute Gasteiger partial charge is 0.496 e. The SMILES string of the molecule is COc1ccc(Br)cc1-c1nc(C)n(C)c1C#N. The molecule has 4 nitrogen and oxygen atoms in total. The second kappa shape index (κ2) is 4.83. The van der Waals surface area contributed by atoms with Crippen molar-refractivity contribution in [2.45, 2.75) is 6.92 Å². The zero-order chi connectivity index (χ0) is 13.3. The topological polar surface area (TPSA) is 50.8 Å². The predicted octanol–water partition coefficient (Wildman–Crippen LogP) is 3.04. The lowest BCUT2D eigenvalue weighted by Gasteiger charge is -2.07. The van der Waals surface area contributed by atoms with Crippen LogP contribution >= 0.6 is 15.9 Å². The van der Waals surface area contributed by atoms with Crippen molar-refractivity contribution < 1.29 is 4.74 Å². The summed E-state index contributed by atoms with van der Waals surface area (Å²) >= 11 is 3.42. The lowest BCUT2D eigenvalue weighted by molar-refractivity contribution is 0.416. The summed E-state index contributed by atoms with van der Waals surface area (Å²) in [5, 5.41) is 9.24. The van der Waals surface area contributed by atoms with Crippen LogP contribution in [0.15, 0.2) is 22.7 Å². The van der Waals surface area contributed by atoms with Gasteiger partial charge in [0.15, 0.2) is 0 Å². The van der Waals surface area contributed by atoms with Crippen LogP contribution in [0.25, 0.3) is 11.3 Å². The number of hydrogen-bond donors (Lipinski definition) is 0. The zero-order valence-electron chi connectivity index (χ0n) is 10.4. The minimum Gasteiger partial charge on any atom is -0.496 e. The Morgan fingerprint density at radius 1 is 1.44 bits per heavy atom. The van der Waals surface area contributed by atoms with E-state index in [0.29, 0.717) is 17.1 Å². The Kier molecular flexibility index (Phi) is 3.39. The summed E-state index contributed by atoms with van der Waals surface area (Å²) in [7, 11) is 3.43. The summed E-state index contributed by atoms with van der Waals surface area (Å²) in [4.78, 5) is 4.44. The molecule has 0 bridgehead atoms. The number of hydrogen-bond acceptors (Lipinski definition) is 3. The maximum atomic E-state index is 9.24. The Balaban J connectivity index is 2.73. The molecule has 92 valence electrons. The first kappa shape index (κ1) is 12.7. The van der Waals surface area contributed by atoms with Crippen molar-refractivity contribution in [2.75, 3.05) is 7.11 Å². The first-order chi connectivity index (χ1) is 8.58.